The van der Waals surface area contributed by atoms with Crippen molar-refractivity contribution in [3.8, 4) is 17.0 Å². The minimum atomic E-state index is -0.330. The van der Waals surface area contributed by atoms with E-state index in [1.54, 1.807) is 12.3 Å². The van der Waals surface area contributed by atoms with Gasteiger partial charge in [-0.2, -0.15) is 5.10 Å². The highest BCUT2D eigenvalue weighted by atomic mass is 79.9. The maximum Gasteiger partial charge on any atom is 0.272 e. The molecule has 0 aliphatic heterocycles. The number of benzene rings is 4. The van der Waals surface area contributed by atoms with Gasteiger partial charge in [0.15, 0.2) is 0 Å². The molecule has 38 heavy (non-hydrogen) atoms. The first-order valence-corrected chi connectivity index (χ1v) is 14.0. The number of halogens is 3. The van der Waals surface area contributed by atoms with Gasteiger partial charge in [-0.3, -0.25) is 4.79 Å². The van der Waals surface area contributed by atoms with Crippen molar-refractivity contribution >= 4 is 70.8 Å². The molecule has 0 bridgehead atoms. The van der Waals surface area contributed by atoms with E-state index < -0.39 is 0 Å². The Balaban J connectivity index is 1.40. The topological polar surface area (TPSA) is 63.6 Å². The van der Waals surface area contributed by atoms with Gasteiger partial charge < -0.3 is 4.74 Å². The van der Waals surface area contributed by atoms with E-state index in [2.05, 4.69) is 58.3 Å². The summed E-state index contributed by atoms with van der Waals surface area (Å²) in [7, 11) is 0. The third-order valence-corrected chi connectivity index (χ3v) is 7.31. The predicted octanol–water partition coefficient (Wildman–Crippen LogP) is 8.53. The summed E-state index contributed by atoms with van der Waals surface area (Å²) in [6, 6.07) is 30.9. The minimum Gasteiger partial charge on any atom is -0.487 e. The second kappa shape index (κ2) is 12.0. The van der Waals surface area contributed by atoms with Crippen LogP contribution in [0.4, 0.5) is 0 Å². The molecule has 0 saturated heterocycles. The van der Waals surface area contributed by atoms with Crippen LogP contribution in [0.2, 0.25) is 0 Å². The lowest BCUT2D eigenvalue weighted by atomic mass is 10.0. The number of pyridine rings is 1. The van der Waals surface area contributed by atoms with Gasteiger partial charge in [0.25, 0.3) is 5.91 Å². The number of hydrazone groups is 1. The molecule has 0 unspecified atom stereocenters. The number of nitrogens with zero attached hydrogens (tertiary/aromatic N) is 2. The van der Waals surface area contributed by atoms with Crippen molar-refractivity contribution in [3.63, 3.8) is 0 Å². The first-order valence-electron chi connectivity index (χ1n) is 11.6. The molecule has 1 amide bonds. The first-order chi connectivity index (χ1) is 18.5. The number of amides is 1. The molecule has 4 aromatic carbocycles. The fourth-order valence-corrected chi connectivity index (χ4v) is 5.54. The van der Waals surface area contributed by atoms with Crippen LogP contribution in [0.15, 0.2) is 116 Å². The van der Waals surface area contributed by atoms with E-state index in [4.69, 9.17) is 9.72 Å². The summed E-state index contributed by atoms with van der Waals surface area (Å²) in [5, 5.41) is 5.02. The molecule has 0 spiro atoms. The minimum absolute atomic E-state index is 0.330. The Hall–Kier alpha value is -3.33. The van der Waals surface area contributed by atoms with Gasteiger partial charge in [0, 0.05) is 25.5 Å². The maximum absolute atomic E-state index is 13.3. The van der Waals surface area contributed by atoms with Crippen LogP contribution in [0.5, 0.6) is 5.75 Å². The number of para-hydroxylation sites is 1. The van der Waals surface area contributed by atoms with Gasteiger partial charge in [-0.1, -0.05) is 92.5 Å². The summed E-state index contributed by atoms with van der Waals surface area (Å²) < 4.78 is 8.74. The number of nitrogens with one attached hydrogen (secondary N) is 1. The number of fused-ring (bicyclic) bond motifs is 1. The Kier molecular flexibility index (Phi) is 8.32. The average Bonchev–Trinajstić information content (AvgIpc) is 2.93. The van der Waals surface area contributed by atoms with Crippen LogP contribution < -0.4 is 10.2 Å². The number of ether oxygens (including phenoxy) is 1. The highest BCUT2D eigenvalue weighted by molar-refractivity contribution is 9.11. The number of carbonyl (C=O) groups is 1. The van der Waals surface area contributed by atoms with Crippen molar-refractivity contribution in [2.75, 3.05) is 0 Å². The molecular formula is C30H20Br3N3O2. The monoisotopic (exact) mass is 691 g/mol. The van der Waals surface area contributed by atoms with E-state index in [1.807, 2.05) is 91.0 Å². The van der Waals surface area contributed by atoms with E-state index in [0.717, 1.165) is 41.1 Å². The summed E-state index contributed by atoms with van der Waals surface area (Å²) in [6.45, 7) is 0.381. The molecule has 8 heteroatoms. The first kappa shape index (κ1) is 26.3. The van der Waals surface area contributed by atoms with Crippen molar-refractivity contribution in [3.05, 3.63) is 127 Å². The van der Waals surface area contributed by atoms with E-state index in [0.29, 0.717) is 23.5 Å². The van der Waals surface area contributed by atoms with Crippen molar-refractivity contribution in [2.45, 2.75) is 6.61 Å². The number of hydrogen-bond acceptors (Lipinski definition) is 4. The maximum atomic E-state index is 13.3. The molecule has 0 atom stereocenters. The van der Waals surface area contributed by atoms with Crippen molar-refractivity contribution in [1.82, 2.24) is 10.4 Å². The Morgan fingerprint density at radius 1 is 0.868 bits per heavy atom. The van der Waals surface area contributed by atoms with Gasteiger partial charge in [-0.05, 0) is 57.9 Å². The van der Waals surface area contributed by atoms with Crippen molar-refractivity contribution in [1.29, 1.82) is 0 Å². The number of aromatic nitrogens is 1. The summed E-state index contributed by atoms with van der Waals surface area (Å²) in [5.74, 6) is 0.290. The van der Waals surface area contributed by atoms with Crippen LogP contribution in [0.25, 0.3) is 22.2 Å². The van der Waals surface area contributed by atoms with Crippen LogP contribution in [0, 0.1) is 0 Å². The molecule has 5 aromatic rings. The summed E-state index contributed by atoms with van der Waals surface area (Å²) in [6.07, 6.45) is 1.58. The van der Waals surface area contributed by atoms with E-state index >= 15 is 0 Å². The standard InChI is InChI=1S/C30H20Br3N3O2/c31-22-12-10-19(11-13-22)18-38-29-21(14-23(32)15-26(29)33)17-34-36-30(37)25-16-28(20-6-2-1-3-7-20)35-27-9-5-4-8-24(25)27/h1-17H,18H2,(H,36,37)/b34-17-. The van der Waals surface area contributed by atoms with Gasteiger partial charge in [0.1, 0.15) is 12.4 Å². The number of carbonyl (C=O) groups excluding carboxylic acids is 1. The summed E-state index contributed by atoms with van der Waals surface area (Å²) in [5.41, 5.74) is 7.29. The molecule has 0 aliphatic rings. The zero-order chi connectivity index (χ0) is 26.5. The molecule has 0 fully saturated rings. The van der Waals surface area contributed by atoms with Gasteiger partial charge >= 0.3 is 0 Å². The van der Waals surface area contributed by atoms with Crippen LogP contribution in [-0.2, 0) is 6.61 Å². The van der Waals surface area contributed by atoms with Crippen LogP contribution >= 0.6 is 47.8 Å². The molecule has 1 aromatic heterocycles. The quantitative estimate of drug-likeness (QED) is 0.137. The molecule has 0 aliphatic carbocycles. The molecular weight excluding hydrogens is 674 g/mol. The second-order valence-corrected chi connectivity index (χ2v) is 11.0. The third-order valence-electron chi connectivity index (χ3n) is 5.73. The van der Waals surface area contributed by atoms with Crippen molar-refractivity contribution < 1.29 is 9.53 Å². The molecule has 5 rings (SSSR count). The van der Waals surface area contributed by atoms with Crippen LogP contribution in [-0.4, -0.2) is 17.1 Å². The Bertz CT molecular complexity index is 1640. The second-order valence-electron chi connectivity index (χ2n) is 8.36. The lowest BCUT2D eigenvalue weighted by Gasteiger charge is -2.12. The van der Waals surface area contributed by atoms with Gasteiger partial charge in [0.2, 0.25) is 0 Å². The lowest BCUT2D eigenvalue weighted by Crippen LogP contribution is -2.18. The zero-order valence-corrected chi connectivity index (χ0v) is 24.6. The molecule has 1 heterocycles. The van der Waals surface area contributed by atoms with E-state index in [1.165, 1.54) is 0 Å². The lowest BCUT2D eigenvalue weighted by molar-refractivity contribution is 0.0956. The zero-order valence-electron chi connectivity index (χ0n) is 19.9. The SMILES string of the molecule is O=C(N/N=C\c1cc(Br)cc(Br)c1OCc1ccc(Br)cc1)c1cc(-c2ccccc2)nc2ccccc12. The normalized spacial score (nSPS) is 11.1. The largest absolute Gasteiger partial charge is 0.487 e. The average molecular weight is 694 g/mol. The molecule has 0 radical (unpaired) electrons. The highest BCUT2D eigenvalue weighted by Crippen LogP contribution is 2.33. The van der Waals surface area contributed by atoms with Crippen molar-refractivity contribution in [2.24, 2.45) is 5.10 Å². The predicted molar refractivity (Wildman–Crippen MR) is 163 cm³/mol. The van der Waals surface area contributed by atoms with E-state index in [9.17, 15) is 4.79 Å². The van der Waals surface area contributed by atoms with E-state index in [-0.39, 0.29) is 5.91 Å². The molecule has 0 saturated carbocycles. The van der Waals surface area contributed by atoms with Crippen LogP contribution in [0.1, 0.15) is 21.5 Å². The molecule has 5 nitrogen and oxygen atoms in total. The Morgan fingerprint density at radius 3 is 2.39 bits per heavy atom. The van der Waals surface area contributed by atoms with Gasteiger partial charge in [0.05, 0.1) is 27.5 Å². The number of hydrogen-bond donors (Lipinski definition) is 1. The fourth-order valence-electron chi connectivity index (χ4n) is 3.91. The Labute approximate surface area is 245 Å². The fraction of sp³-hybridized carbons (Fsp3) is 0.0333. The molecule has 188 valence electrons. The summed E-state index contributed by atoms with van der Waals surface area (Å²) >= 11 is 10.5. The van der Waals surface area contributed by atoms with Crippen LogP contribution in [0.3, 0.4) is 0 Å². The summed E-state index contributed by atoms with van der Waals surface area (Å²) in [4.78, 5) is 18.0. The third kappa shape index (κ3) is 6.20. The van der Waals surface area contributed by atoms with Gasteiger partial charge in [-0.15, -0.1) is 0 Å². The molecule has 1 N–H and O–H groups in total. The number of rotatable bonds is 7. The Morgan fingerprint density at radius 2 is 1.61 bits per heavy atom. The smallest absolute Gasteiger partial charge is 0.272 e. The highest BCUT2D eigenvalue weighted by Gasteiger charge is 2.14. The van der Waals surface area contributed by atoms with Gasteiger partial charge in [-0.25, -0.2) is 10.4 Å².